The maximum atomic E-state index is 12.4. The van der Waals surface area contributed by atoms with Gasteiger partial charge in [-0.25, -0.2) is 8.42 Å². The second kappa shape index (κ2) is 6.53. The molecule has 0 spiro atoms. The van der Waals surface area contributed by atoms with Crippen molar-refractivity contribution in [3.8, 4) is 0 Å². The van der Waals surface area contributed by atoms with E-state index in [2.05, 4.69) is 5.32 Å². The highest BCUT2D eigenvalue weighted by Crippen LogP contribution is 2.21. The second-order valence-corrected chi connectivity index (χ2v) is 6.46. The molecule has 1 amide bonds. The molecule has 1 fully saturated rings. The molecule has 1 heterocycles. The number of hydrogen-bond acceptors (Lipinski definition) is 4. The average molecular weight is 320 g/mol. The highest BCUT2D eigenvalue weighted by atomic mass is 35.5. The molecule has 0 aromatic heterocycles. The average Bonchev–Trinajstić information content (AvgIpc) is 2.88. The summed E-state index contributed by atoms with van der Waals surface area (Å²) in [6.45, 7) is 0.974. The molecule has 2 rings (SSSR count). The minimum absolute atomic E-state index is 0. The third-order valence-electron chi connectivity index (χ3n) is 3.34. The molecule has 1 aliphatic rings. The first-order valence-electron chi connectivity index (χ1n) is 6.02. The number of carbonyl (C=O) groups excluding carboxylic acids is 1. The summed E-state index contributed by atoms with van der Waals surface area (Å²) in [4.78, 5) is 11.1. The zero-order valence-electron chi connectivity index (χ0n) is 11.1. The Kier molecular flexibility index (Phi) is 5.52. The largest absolute Gasteiger partial charge is 0.366 e. The van der Waals surface area contributed by atoms with Crippen LogP contribution in [0.4, 0.5) is 0 Å². The van der Waals surface area contributed by atoms with Crippen molar-refractivity contribution in [1.29, 1.82) is 0 Å². The molecule has 1 aliphatic heterocycles. The quantitative estimate of drug-likeness (QED) is 0.828. The molecule has 20 heavy (non-hydrogen) atoms. The number of nitrogens with zero attached hydrogens (tertiary/aromatic N) is 1. The summed E-state index contributed by atoms with van der Waals surface area (Å²) in [5.41, 5.74) is 5.42. The number of carbonyl (C=O) groups is 1. The minimum Gasteiger partial charge on any atom is -0.366 e. The summed E-state index contributed by atoms with van der Waals surface area (Å²) < 4.78 is 26.2. The maximum absolute atomic E-state index is 12.4. The molecule has 3 N–H and O–H groups in total. The fraction of sp³-hybridized carbons (Fsp3) is 0.417. The molecule has 0 aliphatic carbocycles. The van der Waals surface area contributed by atoms with E-state index in [9.17, 15) is 13.2 Å². The highest BCUT2D eigenvalue weighted by molar-refractivity contribution is 7.89. The van der Waals surface area contributed by atoms with Crippen molar-refractivity contribution in [2.45, 2.75) is 17.4 Å². The van der Waals surface area contributed by atoms with Crippen molar-refractivity contribution in [2.24, 2.45) is 5.73 Å². The van der Waals surface area contributed by atoms with Crippen LogP contribution in [-0.4, -0.2) is 44.8 Å². The molecule has 8 heteroatoms. The maximum Gasteiger partial charge on any atom is 0.248 e. The summed E-state index contributed by atoms with van der Waals surface area (Å²) in [5, 5.41) is 3.07. The molecule has 1 atom stereocenters. The molecular formula is C12H18ClN3O3S. The fourth-order valence-electron chi connectivity index (χ4n) is 2.12. The number of sulfonamides is 1. The van der Waals surface area contributed by atoms with E-state index in [1.165, 1.54) is 28.6 Å². The van der Waals surface area contributed by atoms with Crippen LogP contribution in [0.1, 0.15) is 16.8 Å². The van der Waals surface area contributed by atoms with Gasteiger partial charge in [-0.15, -0.1) is 12.4 Å². The van der Waals surface area contributed by atoms with Crippen LogP contribution >= 0.6 is 12.4 Å². The van der Waals surface area contributed by atoms with Gasteiger partial charge in [-0.05, 0) is 37.7 Å². The van der Waals surface area contributed by atoms with Crippen LogP contribution in [0.15, 0.2) is 29.2 Å². The molecule has 0 radical (unpaired) electrons. The van der Waals surface area contributed by atoms with Gasteiger partial charge in [0.1, 0.15) is 0 Å². The van der Waals surface area contributed by atoms with Crippen LogP contribution in [0.25, 0.3) is 0 Å². The molecule has 112 valence electrons. The zero-order valence-corrected chi connectivity index (χ0v) is 12.7. The van der Waals surface area contributed by atoms with Crippen molar-refractivity contribution >= 4 is 28.3 Å². The van der Waals surface area contributed by atoms with Gasteiger partial charge >= 0.3 is 0 Å². The summed E-state index contributed by atoms with van der Waals surface area (Å²) in [5.74, 6) is -0.569. The first-order chi connectivity index (χ1) is 8.95. The Hall–Kier alpha value is -1.15. The van der Waals surface area contributed by atoms with Gasteiger partial charge in [0.05, 0.1) is 4.90 Å². The summed E-state index contributed by atoms with van der Waals surface area (Å²) >= 11 is 0. The van der Waals surface area contributed by atoms with Gasteiger partial charge in [0.2, 0.25) is 15.9 Å². The Morgan fingerprint density at radius 2 is 1.95 bits per heavy atom. The van der Waals surface area contributed by atoms with Crippen LogP contribution in [-0.2, 0) is 10.0 Å². The lowest BCUT2D eigenvalue weighted by atomic mass is 10.2. The van der Waals surface area contributed by atoms with Gasteiger partial charge in [-0.1, -0.05) is 0 Å². The third-order valence-corrected chi connectivity index (χ3v) is 5.22. The molecular weight excluding hydrogens is 302 g/mol. The monoisotopic (exact) mass is 319 g/mol. The van der Waals surface area contributed by atoms with E-state index < -0.39 is 15.9 Å². The van der Waals surface area contributed by atoms with Gasteiger partial charge in [0.25, 0.3) is 0 Å². The van der Waals surface area contributed by atoms with Crippen LogP contribution in [0, 0.1) is 0 Å². The number of likely N-dealkylation sites (N-methyl/N-ethyl adjacent to an activating group) is 1. The first kappa shape index (κ1) is 16.9. The zero-order chi connectivity index (χ0) is 14.0. The minimum atomic E-state index is -3.48. The van der Waals surface area contributed by atoms with E-state index in [0.29, 0.717) is 18.7 Å². The van der Waals surface area contributed by atoms with Crippen LogP contribution in [0.5, 0.6) is 0 Å². The summed E-state index contributed by atoms with van der Waals surface area (Å²) in [6, 6.07) is 5.89. The van der Waals surface area contributed by atoms with Crippen molar-refractivity contribution in [3.63, 3.8) is 0 Å². The normalized spacial score (nSPS) is 19.6. The number of nitrogens with one attached hydrogen (secondary N) is 1. The number of amides is 1. The SMILES string of the molecule is CNC1CCN(S(=O)(=O)c2ccc(C(N)=O)cc2)C1.Cl. The van der Waals surface area contributed by atoms with Crippen LogP contribution in [0.3, 0.4) is 0 Å². The molecule has 0 saturated carbocycles. The van der Waals surface area contributed by atoms with Crippen LogP contribution < -0.4 is 11.1 Å². The van der Waals surface area contributed by atoms with E-state index in [1.54, 1.807) is 0 Å². The Morgan fingerprint density at radius 1 is 1.35 bits per heavy atom. The number of rotatable bonds is 4. The highest BCUT2D eigenvalue weighted by Gasteiger charge is 2.31. The number of nitrogens with two attached hydrogens (primary N) is 1. The predicted molar refractivity (Wildman–Crippen MR) is 78.4 cm³/mol. The smallest absolute Gasteiger partial charge is 0.248 e. The van der Waals surface area contributed by atoms with E-state index in [-0.39, 0.29) is 23.3 Å². The second-order valence-electron chi connectivity index (χ2n) is 4.53. The molecule has 1 aromatic carbocycles. The predicted octanol–water partition coefficient (Wildman–Crippen LogP) is 0.190. The van der Waals surface area contributed by atoms with E-state index >= 15 is 0 Å². The molecule has 0 bridgehead atoms. The lowest BCUT2D eigenvalue weighted by Crippen LogP contribution is -2.33. The van der Waals surface area contributed by atoms with Crippen molar-refractivity contribution in [3.05, 3.63) is 29.8 Å². The number of benzene rings is 1. The lowest BCUT2D eigenvalue weighted by molar-refractivity contribution is 0.1000. The van der Waals surface area contributed by atoms with Crippen molar-refractivity contribution in [2.75, 3.05) is 20.1 Å². The van der Waals surface area contributed by atoms with E-state index in [1.807, 2.05) is 7.05 Å². The molecule has 6 nitrogen and oxygen atoms in total. The summed E-state index contributed by atoms with van der Waals surface area (Å²) in [6.07, 6.45) is 0.801. The van der Waals surface area contributed by atoms with Gasteiger partial charge in [0.15, 0.2) is 0 Å². The van der Waals surface area contributed by atoms with Gasteiger partial charge in [-0.2, -0.15) is 4.31 Å². The topological polar surface area (TPSA) is 92.5 Å². The molecule has 1 unspecified atom stereocenters. The van der Waals surface area contributed by atoms with Crippen molar-refractivity contribution in [1.82, 2.24) is 9.62 Å². The third kappa shape index (κ3) is 3.29. The lowest BCUT2D eigenvalue weighted by Gasteiger charge is -2.16. The number of halogens is 1. The number of hydrogen-bond donors (Lipinski definition) is 2. The Labute approximate surface area is 124 Å². The Morgan fingerprint density at radius 3 is 2.40 bits per heavy atom. The van der Waals surface area contributed by atoms with Gasteiger partial charge in [0, 0.05) is 24.7 Å². The van der Waals surface area contributed by atoms with Gasteiger partial charge in [-0.3, -0.25) is 4.79 Å². The standard InChI is InChI=1S/C12H17N3O3S.ClH/c1-14-10-6-7-15(8-10)19(17,18)11-4-2-9(3-5-11)12(13)16;/h2-5,10,14H,6-8H2,1H3,(H2,13,16);1H. The van der Waals surface area contributed by atoms with E-state index in [0.717, 1.165) is 6.42 Å². The summed E-state index contributed by atoms with van der Waals surface area (Å²) in [7, 11) is -1.66. The van der Waals surface area contributed by atoms with Crippen LogP contribution in [0.2, 0.25) is 0 Å². The Balaban J connectivity index is 0.00000200. The molecule has 1 saturated heterocycles. The number of primary amides is 1. The molecule has 1 aromatic rings. The first-order valence-corrected chi connectivity index (χ1v) is 7.46. The van der Waals surface area contributed by atoms with E-state index in [4.69, 9.17) is 5.73 Å². The van der Waals surface area contributed by atoms with Crippen molar-refractivity contribution < 1.29 is 13.2 Å². The Bertz CT molecular complexity index is 574. The van der Waals surface area contributed by atoms with Gasteiger partial charge < -0.3 is 11.1 Å². The fourth-order valence-corrected chi connectivity index (χ4v) is 3.62.